The van der Waals surface area contributed by atoms with E-state index in [1.165, 1.54) is 23.0 Å². The molecule has 0 unspecified atom stereocenters. The van der Waals surface area contributed by atoms with Gasteiger partial charge in [0.15, 0.2) is 0 Å². The minimum atomic E-state index is 0.0822. The van der Waals surface area contributed by atoms with Crippen molar-refractivity contribution in [3.05, 3.63) is 66.1 Å². The highest BCUT2D eigenvalue weighted by Gasteiger charge is 2.28. The molecule has 1 aliphatic heterocycles. The zero-order chi connectivity index (χ0) is 18.6. The van der Waals surface area contributed by atoms with Crippen LogP contribution in [0, 0.1) is 0 Å². The highest BCUT2D eigenvalue weighted by molar-refractivity contribution is 7.98. The highest BCUT2D eigenvalue weighted by atomic mass is 32.2. The van der Waals surface area contributed by atoms with Crippen LogP contribution in [0.1, 0.15) is 34.8 Å². The summed E-state index contributed by atoms with van der Waals surface area (Å²) in [7, 11) is 0. The summed E-state index contributed by atoms with van der Waals surface area (Å²) in [6, 6.07) is 14.0. The van der Waals surface area contributed by atoms with Gasteiger partial charge in [-0.2, -0.15) is 5.10 Å². The molecule has 4 rings (SSSR count). The Morgan fingerprint density at radius 1 is 1.15 bits per heavy atom. The Bertz CT molecular complexity index is 917. The summed E-state index contributed by atoms with van der Waals surface area (Å²) < 4.78 is 0. The van der Waals surface area contributed by atoms with Crippen LogP contribution < -0.4 is 0 Å². The number of carbonyl (C=O) groups excluding carboxylic acids is 1. The van der Waals surface area contributed by atoms with Crippen molar-refractivity contribution in [2.75, 3.05) is 19.3 Å². The van der Waals surface area contributed by atoms with Crippen molar-refractivity contribution in [1.82, 2.24) is 20.1 Å². The predicted octanol–water partition coefficient (Wildman–Crippen LogP) is 4.21. The maximum atomic E-state index is 12.9. The average molecular weight is 379 g/mol. The quantitative estimate of drug-likeness (QED) is 0.691. The third kappa shape index (κ3) is 3.62. The number of H-pyrrole nitrogens is 1. The SMILES string of the molecule is CSc1ncccc1C(=O)N1CCC(c2[nH]ncc2-c2ccccc2)CC1. The second kappa shape index (κ2) is 7.96. The molecule has 0 radical (unpaired) electrons. The summed E-state index contributed by atoms with van der Waals surface area (Å²) in [4.78, 5) is 19.2. The van der Waals surface area contributed by atoms with E-state index in [0.29, 0.717) is 11.5 Å². The van der Waals surface area contributed by atoms with E-state index in [4.69, 9.17) is 0 Å². The molecule has 0 saturated carbocycles. The summed E-state index contributed by atoms with van der Waals surface area (Å²) in [5, 5.41) is 8.28. The van der Waals surface area contributed by atoms with Crippen LogP contribution >= 0.6 is 11.8 Å². The molecule has 0 aliphatic carbocycles. The number of hydrogen-bond donors (Lipinski definition) is 1. The Morgan fingerprint density at radius 2 is 1.93 bits per heavy atom. The zero-order valence-electron chi connectivity index (χ0n) is 15.3. The average Bonchev–Trinajstić information content (AvgIpc) is 3.24. The topological polar surface area (TPSA) is 61.9 Å². The fraction of sp³-hybridized carbons (Fsp3) is 0.286. The van der Waals surface area contributed by atoms with Crippen molar-refractivity contribution >= 4 is 17.7 Å². The third-order valence-electron chi connectivity index (χ3n) is 5.14. The highest BCUT2D eigenvalue weighted by Crippen LogP contribution is 2.34. The maximum Gasteiger partial charge on any atom is 0.256 e. The molecule has 1 fully saturated rings. The van der Waals surface area contributed by atoms with Crippen LogP contribution in [0.15, 0.2) is 59.9 Å². The molecule has 6 heteroatoms. The van der Waals surface area contributed by atoms with Crippen molar-refractivity contribution in [2.24, 2.45) is 0 Å². The number of carbonyl (C=O) groups is 1. The Labute approximate surface area is 163 Å². The molecule has 27 heavy (non-hydrogen) atoms. The molecular weight excluding hydrogens is 356 g/mol. The van der Waals surface area contributed by atoms with E-state index in [0.717, 1.165) is 36.5 Å². The van der Waals surface area contributed by atoms with Crippen LogP contribution in [0.3, 0.4) is 0 Å². The lowest BCUT2D eigenvalue weighted by Gasteiger charge is -2.32. The number of piperidine rings is 1. The van der Waals surface area contributed by atoms with Crippen molar-refractivity contribution < 1.29 is 4.79 Å². The smallest absolute Gasteiger partial charge is 0.256 e. The van der Waals surface area contributed by atoms with E-state index < -0.39 is 0 Å². The summed E-state index contributed by atoms with van der Waals surface area (Å²) in [5.74, 6) is 0.472. The van der Waals surface area contributed by atoms with E-state index in [9.17, 15) is 4.79 Å². The first-order valence-electron chi connectivity index (χ1n) is 9.15. The number of benzene rings is 1. The zero-order valence-corrected chi connectivity index (χ0v) is 16.1. The molecule has 1 aromatic carbocycles. The van der Waals surface area contributed by atoms with Gasteiger partial charge in [-0.15, -0.1) is 11.8 Å². The molecule has 5 nitrogen and oxygen atoms in total. The number of aromatic amines is 1. The van der Waals surface area contributed by atoms with Gasteiger partial charge in [-0.05, 0) is 36.8 Å². The van der Waals surface area contributed by atoms with E-state index in [2.05, 4.69) is 27.3 Å². The predicted molar refractivity (Wildman–Crippen MR) is 108 cm³/mol. The van der Waals surface area contributed by atoms with Gasteiger partial charge in [0.25, 0.3) is 5.91 Å². The number of aromatic nitrogens is 3. The molecule has 1 saturated heterocycles. The van der Waals surface area contributed by atoms with Gasteiger partial charge in [-0.25, -0.2) is 4.98 Å². The van der Waals surface area contributed by atoms with Gasteiger partial charge in [0.1, 0.15) is 5.03 Å². The lowest BCUT2D eigenvalue weighted by atomic mass is 9.89. The van der Waals surface area contributed by atoms with Gasteiger partial charge in [0, 0.05) is 36.5 Å². The molecule has 0 spiro atoms. The maximum absolute atomic E-state index is 12.9. The van der Waals surface area contributed by atoms with Crippen molar-refractivity contribution in [1.29, 1.82) is 0 Å². The Morgan fingerprint density at radius 3 is 2.67 bits per heavy atom. The number of nitrogens with one attached hydrogen (secondary N) is 1. The molecule has 1 amide bonds. The van der Waals surface area contributed by atoms with Crippen LogP contribution in [0.5, 0.6) is 0 Å². The summed E-state index contributed by atoms with van der Waals surface area (Å²) in [6.07, 6.45) is 7.46. The summed E-state index contributed by atoms with van der Waals surface area (Å²) in [6.45, 7) is 1.50. The molecule has 0 bridgehead atoms. The Kier molecular flexibility index (Phi) is 5.25. The van der Waals surface area contributed by atoms with E-state index in [1.807, 2.05) is 47.7 Å². The fourth-order valence-corrected chi connectivity index (χ4v) is 4.25. The lowest BCUT2D eigenvalue weighted by Crippen LogP contribution is -2.38. The fourth-order valence-electron chi connectivity index (χ4n) is 3.71. The second-order valence-corrected chi connectivity index (χ2v) is 7.49. The Balaban J connectivity index is 1.47. The van der Waals surface area contributed by atoms with Crippen LogP contribution in [-0.2, 0) is 0 Å². The molecule has 3 heterocycles. The van der Waals surface area contributed by atoms with Crippen LogP contribution in [0.4, 0.5) is 0 Å². The summed E-state index contributed by atoms with van der Waals surface area (Å²) in [5.41, 5.74) is 4.23. The molecule has 0 atom stereocenters. The third-order valence-corrected chi connectivity index (χ3v) is 5.85. The van der Waals surface area contributed by atoms with Crippen LogP contribution in [-0.4, -0.2) is 45.3 Å². The van der Waals surface area contributed by atoms with E-state index in [1.54, 1.807) is 6.20 Å². The first-order valence-corrected chi connectivity index (χ1v) is 10.4. The molecule has 1 N–H and O–H groups in total. The molecule has 138 valence electrons. The monoisotopic (exact) mass is 378 g/mol. The molecule has 1 aliphatic rings. The normalized spacial score (nSPS) is 15.1. The van der Waals surface area contributed by atoms with Gasteiger partial charge in [-0.1, -0.05) is 30.3 Å². The number of thioether (sulfide) groups is 1. The minimum Gasteiger partial charge on any atom is -0.339 e. The van der Waals surface area contributed by atoms with E-state index in [-0.39, 0.29) is 5.91 Å². The molecule has 3 aromatic rings. The van der Waals surface area contributed by atoms with Gasteiger partial charge in [-0.3, -0.25) is 9.89 Å². The van der Waals surface area contributed by atoms with Crippen molar-refractivity contribution in [2.45, 2.75) is 23.8 Å². The van der Waals surface area contributed by atoms with Gasteiger partial charge < -0.3 is 4.90 Å². The lowest BCUT2D eigenvalue weighted by molar-refractivity contribution is 0.0708. The number of hydrogen-bond acceptors (Lipinski definition) is 4. The first-order chi connectivity index (χ1) is 13.3. The number of nitrogens with zero attached hydrogens (tertiary/aromatic N) is 3. The van der Waals surface area contributed by atoms with Gasteiger partial charge in [0.05, 0.1) is 11.8 Å². The first kappa shape index (κ1) is 17.8. The molecular formula is C21H22N4OS. The van der Waals surface area contributed by atoms with Crippen molar-refractivity contribution in [3.8, 4) is 11.1 Å². The number of rotatable bonds is 4. The van der Waals surface area contributed by atoms with Crippen LogP contribution in [0.2, 0.25) is 0 Å². The largest absolute Gasteiger partial charge is 0.339 e. The summed E-state index contributed by atoms with van der Waals surface area (Å²) >= 11 is 1.51. The number of pyridine rings is 1. The Hall–Kier alpha value is -2.60. The standard InChI is InChI=1S/C21H22N4OS/c1-27-20-17(8-5-11-22-20)21(26)25-12-9-16(10-13-25)19-18(14-23-24-19)15-6-3-2-4-7-15/h2-8,11,14,16H,9-10,12-13H2,1H3,(H,23,24). The second-order valence-electron chi connectivity index (χ2n) is 6.69. The van der Waals surface area contributed by atoms with Gasteiger partial charge >= 0.3 is 0 Å². The number of likely N-dealkylation sites (tertiary alicyclic amines) is 1. The minimum absolute atomic E-state index is 0.0822. The number of amides is 1. The molecule has 2 aromatic heterocycles. The van der Waals surface area contributed by atoms with Crippen LogP contribution in [0.25, 0.3) is 11.1 Å². The van der Waals surface area contributed by atoms with Gasteiger partial charge in [0.2, 0.25) is 0 Å². The van der Waals surface area contributed by atoms with Crippen molar-refractivity contribution in [3.63, 3.8) is 0 Å². The van der Waals surface area contributed by atoms with E-state index >= 15 is 0 Å².